The van der Waals surface area contributed by atoms with E-state index in [1.54, 1.807) is 35.2 Å². The molecule has 1 amide bonds. The zero-order chi connectivity index (χ0) is 32.3. The molecule has 1 heterocycles. The number of amides is 1. The molecular formula is C37H36N4O5. The number of methoxy groups -OCH3 is 1. The molecule has 1 atom stereocenters. The number of aromatic nitrogens is 2. The lowest BCUT2D eigenvalue weighted by molar-refractivity contribution is -0.141. The summed E-state index contributed by atoms with van der Waals surface area (Å²) >= 11 is 0. The molecule has 234 valence electrons. The predicted octanol–water partition coefficient (Wildman–Crippen LogP) is 5.99. The zero-order valence-corrected chi connectivity index (χ0v) is 25.9. The number of para-hydroxylation sites is 3. The largest absolute Gasteiger partial charge is 0.492 e. The van der Waals surface area contributed by atoms with Crippen LogP contribution in [0.5, 0.6) is 5.75 Å². The Kier molecular flexibility index (Phi) is 10.7. The second-order valence-electron chi connectivity index (χ2n) is 10.7. The summed E-state index contributed by atoms with van der Waals surface area (Å²) in [5.74, 6) is -0.135. The number of anilines is 1. The van der Waals surface area contributed by atoms with E-state index in [-0.39, 0.29) is 11.7 Å². The fourth-order valence-corrected chi connectivity index (χ4v) is 5.11. The molecule has 0 fully saturated rings. The molecule has 0 aliphatic rings. The molecule has 0 aliphatic carbocycles. The number of hydrogen-bond acceptors (Lipinski definition) is 8. The molecule has 46 heavy (non-hydrogen) atoms. The first-order valence-corrected chi connectivity index (χ1v) is 15.2. The fraction of sp³-hybridized carbons (Fsp3) is 0.216. The highest BCUT2D eigenvalue weighted by Crippen LogP contribution is 2.22. The average Bonchev–Trinajstić information content (AvgIpc) is 3.11. The summed E-state index contributed by atoms with van der Waals surface area (Å²) in [6, 6.07) is 30.3. The van der Waals surface area contributed by atoms with Gasteiger partial charge in [0.15, 0.2) is 5.78 Å². The van der Waals surface area contributed by atoms with E-state index >= 15 is 0 Å². The van der Waals surface area contributed by atoms with Gasteiger partial charge in [0.25, 0.3) is 5.91 Å². The summed E-state index contributed by atoms with van der Waals surface area (Å²) in [5.41, 5.74) is 4.17. The summed E-state index contributed by atoms with van der Waals surface area (Å²) in [6.45, 7) is 3.27. The van der Waals surface area contributed by atoms with Crippen LogP contribution in [0.4, 0.5) is 5.69 Å². The van der Waals surface area contributed by atoms with Gasteiger partial charge < -0.3 is 19.7 Å². The van der Waals surface area contributed by atoms with Crippen LogP contribution < -0.4 is 10.1 Å². The summed E-state index contributed by atoms with van der Waals surface area (Å²) in [5, 5.41) is 3.23. The minimum Gasteiger partial charge on any atom is -0.492 e. The maximum atomic E-state index is 13.2. The number of ether oxygens (including phenoxy) is 2. The van der Waals surface area contributed by atoms with Crippen LogP contribution >= 0.6 is 0 Å². The molecule has 0 bridgehead atoms. The molecule has 4 aromatic carbocycles. The van der Waals surface area contributed by atoms with Crippen LogP contribution in [0.3, 0.4) is 0 Å². The molecule has 1 aromatic heterocycles. The fourth-order valence-electron chi connectivity index (χ4n) is 5.11. The Morgan fingerprint density at radius 1 is 0.826 bits per heavy atom. The molecule has 0 saturated heterocycles. The standard InChI is InChI=1S/C37H36N4O5/c1-3-21-41(36(43)34-25-38-31-15-9-10-16-32(31)40-34)22-23-46-28-19-17-26(18-20-28)24-33(37(44)45-2)39-30-14-8-7-13-29(30)35(42)27-11-5-4-6-12-27/h4-20,25,33,39H,3,21-24H2,1-2H3. The maximum Gasteiger partial charge on any atom is 0.328 e. The van der Waals surface area contributed by atoms with Gasteiger partial charge in [-0.2, -0.15) is 0 Å². The van der Waals surface area contributed by atoms with Crippen molar-refractivity contribution >= 4 is 34.4 Å². The van der Waals surface area contributed by atoms with Crippen molar-refractivity contribution in [3.63, 3.8) is 0 Å². The molecule has 9 nitrogen and oxygen atoms in total. The van der Waals surface area contributed by atoms with Gasteiger partial charge >= 0.3 is 5.97 Å². The second-order valence-corrected chi connectivity index (χ2v) is 10.7. The van der Waals surface area contributed by atoms with E-state index in [9.17, 15) is 14.4 Å². The van der Waals surface area contributed by atoms with Crippen molar-refractivity contribution in [1.29, 1.82) is 0 Å². The lowest BCUT2D eigenvalue weighted by atomic mass is 10.00. The third-order valence-corrected chi connectivity index (χ3v) is 7.46. The Hall–Kier alpha value is -5.57. The van der Waals surface area contributed by atoms with Crippen LogP contribution in [-0.2, 0) is 16.0 Å². The zero-order valence-electron chi connectivity index (χ0n) is 25.9. The maximum absolute atomic E-state index is 13.2. The van der Waals surface area contributed by atoms with E-state index in [1.807, 2.05) is 79.7 Å². The smallest absolute Gasteiger partial charge is 0.328 e. The van der Waals surface area contributed by atoms with Gasteiger partial charge in [-0.3, -0.25) is 14.6 Å². The number of nitrogens with one attached hydrogen (secondary N) is 1. The van der Waals surface area contributed by atoms with Crippen molar-refractivity contribution < 1.29 is 23.9 Å². The van der Waals surface area contributed by atoms with Crippen molar-refractivity contribution in [2.75, 3.05) is 32.1 Å². The van der Waals surface area contributed by atoms with Crippen molar-refractivity contribution in [3.05, 3.63) is 132 Å². The lowest BCUT2D eigenvalue weighted by Gasteiger charge is -2.22. The Morgan fingerprint density at radius 2 is 1.52 bits per heavy atom. The number of carbonyl (C=O) groups excluding carboxylic acids is 3. The first-order valence-electron chi connectivity index (χ1n) is 15.2. The number of ketones is 1. The predicted molar refractivity (Wildman–Crippen MR) is 177 cm³/mol. The van der Waals surface area contributed by atoms with Gasteiger partial charge in [0.05, 0.1) is 30.9 Å². The summed E-state index contributed by atoms with van der Waals surface area (Å²) < 4.78 is 11.1. The molecule has 0 aliphatic heterocycles. The Morgan fingerprint density at radius 3 is 2.26 bits per heavy atom. The number of benzene rings is 4. The van der Waals surface area contributed by atoms with Crippen molar-refractivity contribution in [3.8, 4) is 5.75 Å². The highest BCUT2D eigenvalue weighted by atomic mass is 16.5. The molecule has 1 unspecified atom stereocenters. The first kappa shape index (κ1) is 31.8. The number of fused-ring (bicyclic) bond motifs is 1. The van der Waals surface area contributed by atoms with Gasteiger partial charge in [-0.25, -0.2) is 9.78 Å². The molecule has 5 rings (SSSR count). The Labute approximate surface area is 268 Å². The van der Waals surface area contributed by atoms with Crippen LogP contribution in [0.1, 0.15) is 45.3 Å². The number of esters is 1. The first-order chi connectivity index (χ1) is 22.5. The van der Waals surface area contributed by atoms with Gasteiger partial charge in [-0.05, 0) is 48.4 Å². The number of nitrogens with zero attached hydrogens (tertiary/aromatic N) is 3. The monoisotopic (exact) mass is 616 g/mol. The van der Waals surface area contributed by atoms with Gasteiger partial charge in [-0.1, -0.05) is 73.7 Å². The highest BCUT2D eigenvalue weighted by Gasteiger charge is 2.23. The Balaban J connectivity index is 1.21. The quantitative estimate of drug-likeness (QED) is 0.120. The lowest BCUT2D eigenvalue weighted by Crippen LogP contribution is -2.35. The number of hydrogen-bond donors (Lipinski definition) is 1. The van der Waals surface area contributed by atoms with Gasteiger partial charge in [0.1, 0.15) is 24.1 Å². The topological polar surface area (TPSA) is 111 Å². The number of carbonyl (C=O) groups is 3. The molecule has 9 heteroatoms. The number of rotatable bonds is 14. The van der Waals surface area contributed by atoms with Crippen molar-refractivity contribution in [1.82, 2.24) is 14.9 Å². The third kappa shape index (κ3) is 7.92. The summed E-state index contributed by atoms with van der Waals surface area (Å²) in [6.07, 6.45) is 2.64. The SMILES string of the molecule is CCCN(CCOc1ccc(CC(Nc2ccccc2C(=O)c2ccccc2)C(=O)OC)cc1)C(=O)c1cnc2ccccc2n1. The van der Waals surface area contributed by atoms with Gasteiger partial charge in [0.2, 0.25) is 0 Å². The molecule has 0 spiro atoms. The average molecular weight is 617 g/mol. The minimum absolute atomic E-state index is 0.141. The van der Waals surface area contributed by atoms with Gasteiger partial charge in [0, 0.05) is 29.8 Å². The van der Waals surface area contributed by atoms with E-state index in [0.29, 0.717) is 59.9 Å². The van der Waals surface area contributed by atoms with Crippen LogP contribution in [0.15, 0.2) is 109 Å². The molecule has 5 aromatic rings. The van der Waals surface area contributed by atoms with Crippen LogP contribution in [0, 0.1) is 0 Å². The normalized spacial score (nSPS) is 11.4. The van der Waals surface area contributed by atoms with Crippen LogP contribution in [-0.4, -0.2) is 65.4 Å². The third-order valence-electron chi connectivity index (χ3n) is 7.46. The molecular weight excluding hydrogens is 580 g/mol. The molecule has 1 N–H and O–H groups in total. The molecule has 0 saturated carbocycles. The van der Waals surface area contributed by atoms with E-state index in [1.165, 1.54) is 13.3 Å². The van der Waals surface area contributed by atoms with Crippen LogP contribution in [0.2, 0.25) is 0 Å². The van der Waals surface area contributed by atoms with Crippen molar-refractivity contribution in [2.24, 2.45) is 0 Å². The van der Waals surface area contributed by atoms with Crippen LogP contribution in [0.25, 0.3) is 11.0 Å². The molecule has 0 radical (unpaired) electrons. The second kappa shape index (κ2) is 15.4. The summed E-state index contributed by atoms with van der Waals surface area (Å²) in [7, 11) is 1.34. The van der Waals surface area contributed by atoms with Crippen molar-refractivity contribution in [2.45, 2.75) is 25.8 Å². The van der Waals surface area contributed by atoms with E-state index in [2.05, 4.69) is 15.3 Å². The van der Waals surface area contributed by atoms with Gasteiger partial charge in [-0.15, -0.1) is 0 Å². The highest BCUT2D eigenvalue weighted by molar-refractivity contribution is 6.12. The van der Waals surface area contributed by atoms with E-state index in [4.69, 9.17) is 9.47 Å². The van der Waals surface area contributed by atoms with E-state index < -0.39 is 12.0 Å². The van der Waals surface area contributed by atoms with E-state index in [0.717, 1.165) is 17.5 Å². The minimum atomic E-state index is -0.728. The summed E-state index contributed by atoms with van der Waals surface area (Å²) in [4.78, 5) is 49.8. The Bertz CT molecular complexity index is 1790.